The summed E-state index contributed by atoms with van der Waals surface area (Å²) in [6.07, 6.45) is -3.39. The molecule has 1 aromatic rings. The molecule has 7 heteroatoms. The number of nitrogens with one attached hydrogen (secondary N) is 2. The summed E-state index contributed by atoms with van der Waals surface area (Å²) in [5.74, 6) is -2.26. The number of halogens is 3. The molecule has 0 saturated heterocycles. The van der Waals surface area contributed by atoms with Crippen LogP contribution in [0.2, 0.25) is 0 Å². The standard InChI is InChI=1S/C17H21F3N2O2/c1-11(16(2,3)4)9-14(23)22-13-7-5-12(6-8-13)10-21-15(24)17(18,19)20/h5-9H,10H2,1-4H3,(H,21,24)(H,22,23)/b11-9+. The van der Waals surface area contributed by atoms with Crippen LogP contribution in [0.5, 0.6) is 0 Å². The van der Waals surface area contributed by atoms with Crippen LogP contribution >= 0.6 is 0 Å². The molecular formula is C17H21F3N2O2. The summed E-state index contributed by atoms with van der Waals surface area (Å²) < 4.78 is 36.2. The van der Waals surface area contributed by atoms with E-state index in [2.05, 4.69) is 5.32 Å². The molecule has 1 aromatic carbocycles. The van der Waals surface area contributed by atoms with E-state index in [1.165, 1.54) is 18.2 Å². The highest BCUT2D eigenvalue weighted by Crippen LogP contribution is 2.24. The maximum absolute atomic E-state index is 12.1. The fourth-order valence-electron chi connectivity index (χ4n) is 1.58. The number of hydrogen-bond acceptors (Lipinski definition) is 2. The van der Waals surface area contributed by atoms with Gasteiger partial charge in [0, 0.05) is 18.3 Å². The summed E-state index contributed by atoms with van der Waals surface area (Å²) >= 11 is 0. The van der Waals surface area contributed by atoms with E-state index in [-0.39, 0.29) is 17.9 Å². The zero-order valence-electron chi connectivity index (χ0n) is 14.0. The number of rotatable bonds is 4. The molecule has 0 aliphatic rings. The van der Waals surface area contributed by atoms with Gasteiger partial charge in [-0.3, -0.25) is 9.59 Å². The van der Waals surface area contributed by atoms with Crippen LogP contribution < -0.4 is 10.6 Å². The second-order valence-electron chi connectivity index (χ2n) is 6.44. The van der Waals surface area contributed by atoms with E-state index in [1.54, 1.807) is 17.4 Å². The topological polar surface area (TPSA) is 58.2 Å². The Morgan fingerprint density at radius 3 is 2.08 bits per heavy atom. The Balaban J connectivity index is 2.62. The number of anilines is 1. The molecule has 0 spiro atoms. The average Bonchev–Trinajstić information content (AvgIpc) is 2.44. The van der Waals surface area contributed by atoms with Gasteiger partial charge in [0.2, 0.25) is 5.91 Å². The maximum Gasteiger partial charge on any atom is 0.471 e. The first-order chi connectivity index (χ1) is 10.9. The van der Waals surface area contributed by atoms with Gasteiger partial charge in [0.15, 0.2) is 0 Å². The lowest BCUT2D eigenvalue weighted by molar-refractivity contribution is -0.173. The van der Waals surface area contributed by atoms with Crippen LogP contribution in [-0.4, -0.2) is 18.0 Å². The van der Waals surface area contributed by atoms with E-state index in [9.17, 15) is 22.8 Å². The van der Waals surface area contributed by atoms with Crippen molar-refractivity contribution in [2.45, 2.75) is 40.4 Å². The first-order valence-corrected chi connectivity index (χ1v) is 7.33. The van der Waals surface area contributed by atoms with Crippen molar-refractivity contribution in [3.8, 4) is 0 Å². The second kappa shape index (κ2) is 7.51. The summed E-state index contributed by atoms with van der Waals surface area (Å²) in [7, 11) is 0. The van der Waals surface area contributed by atoms with Gasteiger partial charge in [0.25, 0.3) is 0 Å². The molecule has 0 aliphatic carbocycles. The normalized spacial score (nSPS) is 12.7. The molecule has 4 nitrogen and oxygen atoms in total. The number of hydrogen-bond donors (Lipinski definition) is 2. The van der Waals surface area contributed by atoms with E-state index in [1.807, 2.05) is 27.7 Å². The maximum atomic E-state index is 12.1. The van der Waals surface area contributed by atoms with E-state index in [4.69, 9.17) is 0 Å². The molecule has 2 N–H and O–H groups in total. The summed E-state index contributed by atoms with van der Waals surface area (Å²) in [6, 6.07) is 6.19. The van der Waals surface area contributed by atoms with E-state index >= 15 is 0 Å². The van der Waals surface area contributed by atoms with Gasteiger partial charge in [0.1, 0.15) is 0 Å². The lowest BCUT2D eigenvalue weighted by Gasteiger charge is -2.19. The number of allylic oxidation sites excluding steroid dienone is 1. The van der Waals surface area contributed by atoms with Crippen molar-refractivity contribution in [2.75, 3.05) is 5.32 Å². The summed E-state index contributed by atoms with van der Waals surface area (Å²) in [5.41, 5.74) is 1.82. The van der Waals surface area contributed by atoms with Gasteiger partial charge in [0.05, 0.1) is 0 Å². The molecule has 0 atom stereocenters. The minimum atomic E-state index is -4.90. The van der Waals surface area contributed by atoms with Crippen LogP contribution in [0.3, 0.4) is 0 Å². The number of carbonyl (C=O) groups excluding carboxylic acids is 2. The number of carbonyl (C=O) groups is 2. The third kappa shape index (κ3) is 6.44. The van der Waals surface area contributed by atoms with Gasteiger partial charge in [-0.1, -0.05) is 38.5 Å². The monoisotopic (exact) mass is 342 g/mol. The zero-order chi connectivity index (χ0) is 18.5. The third-order valence-electron chi connectivity index (χ3n) is 3.46. The van der Waals surface area contributed by atoms with E-state index in [0.29, 0.717) is 11.3 Å². The molecule has 0 radical (unpaired) electrons. The molecule has 0 aromatic heterocycles. The molecule has 0 bridgehead atoms. The predicted molar refractivity (Wildman–Crippen MR) is 86.2 cm³/mol. The predicted octanol–water partition coefficient (Wildman–Crippen LogP) is 3.80. The minimum Gasteiger partial charge on any atom is -0.344 e. The number of alkyl halides is 3. The molecule has 0 unspecified atom stereocenters. The molecule has 1 rings (SSSR count). The van der Waals surface area contributed by atoms with Gasteiger partial charge >= 0.3 is 12.1 Å². The van der Waals surface area contributed by atoms with Crippen molar-refractivity contribution in [3.63, 3.8) is 0 Å². The third-order valence-corrected chi connectivity index (χ3v) is 3.46. The Bertz CT molecular complexity index is 627. The first kappa shape index (κ1) is 19.7. The van der Waals surface area contributed by atoms with E-state index < -0.39 is 12.1 Å². The van der Waals surface area contributed by atoms with Crippen molar-refractivity contribution in [1.29, 1.82) is 0 Å². The van der Waals surface area contributed by atoms with Crippen LogP contribution in [0, 0.1) is 5.41 Å². The quantitative estimate of drug-likeness (QED) is 0.818. The lowest BCUT2D eigenvalue weighted by atomic mass is 9.87. The Hall–Kier alpha value is -2.31. The molecule has 2 amide bonds. The molecule has 24 heavy (non-hydrogen) atoms. The van der Waals surface area contributed by atoms with Crippen molar-refractivity contribution < 1.29 is 22.8 Å². The van der Waals surface area contributed by atoms with Crippen LogP contribution in [0.15, 0.2) is 35.9 Å². The Morgan fingerprint density at radius 1 is 1.08 bits per heavy atom. The van der Waals surface area contributed by atoms with Crippen molar-refractivity contribution in [2.24, 2.45) is 5.41 Å². The fourth-order valence-corrected chi connectivity index (χ4v) is 1.58. The second-order valence-corrected chi connectivity index (χ2v) is 6.44. The molecule has 0 aliphatic heterocycles. The lowest BCUT2D eigenvalue weighted by Crippen LogP contribution is -2.36. The van der Waals surface area contributed by atoms with Crippen LogP contribution in [-0.2, 0) is 16.1 Å². The van der Waals surface area contributed by atoms with Gasteiger partial charge < -0.3 is 10.6 Å². The van der Waals surface area contributed by atoms with Crippen LogP contribution in [0.4, 0.5) is 18.9 Å². The van der Waals surface area contributed by atoms with E-state index in [0.717, 1.165) is 5.57 Å². The van der Waals surface area contributed by atoms with Gasteiger partial charge in [-0.05, 0) is 30.0 Å². The first-order valence-electron chi connectivity index (χ1n) is 7.33. The zero-order valence-corrected chi connectivity index (χ0v) is 14.0. The highest BCUT2D eigenvalue weighted by molar-refractivity contribution is 5.99. The van der Waals surface area contributed by atoms with Gasteiger partial charge in [-0.25, -0.2) is 0 Å². The Morgan fingerprint density at radius 2 is 1.62 bits per heavy atom. The molecule has 0 saturated carbocycles. The average molecular weight is 342 g/mol. The molecular weight excluding hydrogens is 321 g/mol. The highest BCUT2D eigenvalue weighted by atomic mass is 19.4. The van der Waals surface area contributed by atoms with Gasteiger partial charge in [-0.15, -0.1) is 0 Å². The molecule has 0 fully saturated rings. The van der Waals surface area contributed by atoms with Crippen molar-refractivity contribution in [3.05, 3.63) is 41.5 Å². The number of amides is 2. The smallest absolute Gasteiger partial charge is 0.344 e. The molecule has 132 valence electrons. The largest absolute Gasteiger partial charge is 0.471 e. The summed E-state index contributed by atoms with van der Waals surface area (Å²) in [6.45, 7) is 7.62. The summed E-state index contributed by atoms with van der Waals surface area (Å²) in [5, 5.41) is 4.46. The van der Waals surface area contributed by atoms with Gasteiger partial charge in [-0.2, -0.15) is 13.2 Å². The minimum absolute atomic E-state index is 0.113. The summed E-state index contributed by atoms with van der Waals surface area (Å²) in [4.78, 5) is 22.6. The van der Waals surface area contributed by atoms with Crippen LogP contribution in [0.25, 0.3) is 0 Å². The highest BCUT2D eigenvalue weighted by Gasteiger charge is 2.38. The van der Waals surface area contributed by atoms with Crippen LogP contribution in [0.1, 0.15) is 33.3 Å². The van der Waals surface area contributed by atoms with Crippen molar-refractivity contribution >= 4 is 17.5 Å². The number of benzene rings is 1. The Labute approximate surface area is 139 Å². The van der Waals surface area contributed by atoms with Crippen molar-refractivity contribution in [1.82, 2.24) is 5.32 Å². The molecule has 0 heterocycles. The SMILES string of the molecule is C/C(=C\C(=O)Nc1ccc(CNC(=O)C(F)(F)F)cc1)C(C)(C)C. The Kier molecular flexibility index (Phi) is 6.17. The fraction of sp³-hybridized carbons (Fsp3) is 0.412.